The molecular formula is C39H56O7Si2. The third kappa shape index (κ3) is 7.69. The van der Waals surface area contributed by atoms with Crippen LogP contribution in [-0.4, -0.2) is 66.8 Å². The smallest absolute Gasteiger partial charge is 0.261 e. The number of rotatable bonds is 11. The number of methoxy groups -OCH3 is 1. The summed E-state index contributed by atoms with van der Waals surface area (Å²) >= 11 is 0. The van der Waals surface area contributed by atoms with Gasteiger partial charge in [0.2, 0.25) is 0 Å². The van der Waals surface area contributed by atoms with Crippen LogP contribution < -0.4 is 15.1 Å². The number of benzene rings is 3. The van der Waals surface area contributed by atoms with Crippen LogP contribution in [0.5, 0.6) is 5.75 Å². The molecule has 2 fully saturated rings. The number of hydrogen-bond donors (Lipinski definition) is 0. The minimum absolute atomic E-state index is 0.0265. The summed E-state index contributed by atoms with van der Waals surface area (Å²) in [7, 11) is -3.46. The van der Waals surface area contributed by atoms with E-state index in [1.807, 2.05) is 38.1 Å². The lowest BCUT2D eigenvalue weighted by molar-refractivity contribution is -0.281. The number of ether oxygens (including phenoxy) is 5. The van der Waals surface area contributed by atoms with E-state index in [-0.39, 0.29) is 10.1 Å². The van der Waals surface area contributed by atoms with Gasteiger partial charge < -0.3 is 32.5 Å². The molecule has 0 amide bonds. The fourth-order valence-corrected chi connectivity index (χ4v) is 12.5. The molecule has 0 unspecified atom stereocenters. The highest BCUT2D eigenvalue weighted by atomic mass is 28.4. The highest BCUT2D eigenvalue weighted by Gasteiger charge is 2.59. The summed E-state index contributed by atoms with van der Waals surface area (Å²) < 4.78 is 46.8. The van der Waals surface area contributed by atoms with Crippen LogP contribution >= 0.6 is 0 Å². The first kappa shape index (κ1) is 36.9. The van der Waals surface area contributed by atoms with Crippen molar-refractivity contribution in [2.24, 2.45) is 0 Å². The molecule has 5 rings (SSSR count). The third-order valence-corrected chi connectivity index (χ3v) is 19.6. The van der Waals surface area contributed by atoms with Crippen LogP contribution in [0.1, 0.15) is 61.0 Å². The molecule has 7 nitrogen and oxygen atoms in total. The largest absolute Gasteiger partial charge is 0.497 e. The van der Waals surface area contributed by atoms with Crippen molar-refractivity contribution in [3.63, 3.8) is 0 Å². The van der Waals surface area contributed by atoms with Crippen LogP contribution in [0, 0.1) is 0 Å². The normalized spacial score (nSPS) is 24.7. The molecule has 5 atom stereocenters. The molecule has 2 aliphatic rings. The summed E-state index contributed by atoms with van der Waals surface area (Å²) in [6.45, 7) is 22.6. The van der Waals surface area contributed by atoms with Crippen LogP contribution in [0.3, 0.4) is 0 Å². The van der Waals surface area contributed by atoms with Gasteiger partial charge in [-0.05, 0) is 65.1 Å². The third-order valence-electron chi connectivity index (χ3n) is 10.1. The molecule has 0 N–H and O–H groups in total. The summed E-state index contributed by atoms with van der Waals surface area (Å²) in [6.07, 6.45) is -2.46. The Morgan fingerprint density at radius 1 is 0.729 bits per heavy atom. The first-order valence-corrected chi connectivity index (χ1v) is 22.0. The van der Waals surface area contributed by atoms with Crippen molar-refractivity contribution < 1.29 is 32.5 Å². The van der Waals surface area contributed by atoms with Gasteiger partial charge >= 0.3 is 0 Å². The molecule has 48 heavy (non-hydrogen) atoms. The van der Waals surface area contributed by atoms with E-state index >= 15 is 0 Å². The first-order chi connectivity index (χ1) is 22.5. The summed E-state index contributed by atoms with van der Waals surface area (Å²) in [6, 6.07) is 29.3. The summed E-state index contributed by atoms with van der Waals surface area (Å²) in [5.41, 5.74) is 1.01. The fourth-order valence-electron chi connectivity index (χ4n) is 6.62. The molecule has 3 aromatic rings. The lowest BCUT2D eigenvalue weighted by Gasteiger charge is -2.48. The van der Waals surface area contributed by atoms with Gasteiger partial charge in [-0.25, -0.2) is 0 Å². The summed E-state index contributed by atoms with van der Waals surface area (Å²) in [4.78, 5) is 0. The molecule has 2 saturated heterocycles. The topological polar surface area (TPSA) is 64.6 Å². The standard InChI is InChI=1S/C39H56O7Si2/c1-37(2,3)47(10,11)46-35-34-33(44-39(7,8)45-34)32(43-36(35)41-26-28-22-24-29(40-9)25-23-28)27-42-48(38(4,5)6,30-18-14-12-15-19-30)31-20-16-13-17-21-31/h12-25,32-36H,26-27H2,1-11H3/t32-,33+,34+,35-,36-/m1/s1. The monoisotopic (exact) mass is 692 g/mol. The summed E-state index contributed by atoms with van der Waals surface area (Å²) in [5, 5.41) is 2.22. The second-order valence-electron chi connectivity index (χ2n) is 16.1. The van der Waals surface area contributed by atoms with Gasteiger partial charge in [-0.1, -0.05) is 114 Å². The molecule has 9 heteroatoms. The second-order valence-corrected chi connectivity index (χ2v) is 25.1. The van der Waals surface area contributed by atoms with Crippen LogP contribution in [0.4, 0.5) is 0 Å². The van der Waals surface area contributed by atoms with Gasteiger partial charge in [0, 0.05) is 0 Å². The van der Waals surface area contributed by atoms with E-state index in [0.717, 1.165) is 11.3 Å². The molecule has 0 aromatic heterocycles. The van der Waals surface area contributed by atoms with Crippen molar-refractivity contribution in [1.29, 1.82) is 0 Å². The van der Waals surface area contributed by atoms with E-state index in [1.165, 1.54) is 10.4 Å². The Morgan fingerprint density at radius 3 is 1.77 bits per heavy atom. The van der Waals surface area contributed by atoms with Crippen molar-refractivity contribution in [3.05, 3.63) is 90.5 Å². The molecule has 3 aromatic carbocycles. The predicted octanol–water partition coefficient (Wildman–Crippen LogP) is 7.42. The summed E-state index contributed by atoms with van der Waals surface area (Å²) in [5.74, 6) is -0.0252. The Hall–Kier alpha value is -2.35. The molecule has 2 heterocycles. The van der Waals surface area contributed by atoms with E-state index in [0.29, 0.717) is 13.2 Å². The van der Waals surface area contributed by atoms with E-state index in [9.17, 15) is 0 Å². The minimum atomic E-state index is -2.85. The minimum Gasteiger partial charge on any atom is -0.497 e. The number of fused-ring (bicyclic) bond motifs is 1. The van der Waals surface area contributed by atoms with Crippen molar-refractivity contribution >= 4 is 27.0 Å². The Labute approximate surface area is 290 Å². The molecule has 0 aliphatic carbocycles. The Morgan fingerprint density at radius 2 is 1.27 bits per heavy atom. The maximum absolute atomic E-state index is 7.39. The zero-order valence-corrected chi connectivity index (χ0v) is 32.7. The number of hydrogen-bond acceptors (Lipinski definition) is 7. The van der Waals surface area contributed by atoms with Crippen molar-refractivity contribution in [2.75, 3.05) is 13.7 Å². The van der Waals surface area contributed by atoms with Gasteiger partial charge in [-0.3, -0.25) is 0 Å². The quantitative estimate of drug-likeness (QED) is 0.194. The Kier molecular flexibility index (Phi) is 10.9. The van der Waals surface area contributed by atoms with Crippen molar-refractivity contribution in [2.45, 2.75) is 122 Å². The second kappa shape index (κ2) is 14.1. The highest BCUT2D eigenvalue weighted by Crippen LogP contribution is 2.45. The Balaban J connectivity index is 1.51. The van der Waals surface area contributed by atoms with E-state index < -0.39 is 53.1 Å². The Bertz CT molecular complexity index is 1430. The fraction of sp³-hybridized carbons (Fsp3) is 0.538. The first-order valence-electron chi connectivity index (χ1n) is 17.2. The average Bonchev–Trinajstić information content (AvgIpc) is 3.36. The van der Waals surface area contributed by atoms with Gasteiger partial charge in [0.05, 0.1) is 20.3 Å². The zero-order chi connectivity index (χ0) is 35.0. The van der Waals surface area contributed by atoms with Gasteiger partial charge in [0.15, 0.2) is 20.4 Å². The molecular weight excluding hydrogens is 637 g/mol. The van der Waals surface area contributed by atoms with Crippen LogP contribution in [0.15, 0.2) is 84.9 Å². The molecule has 0 saturated carbocycles. The van der Waals surface area contributed by atoms with Crippen LogP contribution in [0.25, 0.3) is 0 Å². The van der Waals surface area contributed by atoms with Crippen molar-refractivity contribution in [3.8, 4) is 5.75 Å². The maximum atomic E-state index is 7.39. The molecule has 0 radical (unpaired) electrons. The van der Waals surface area contributed by atoms with Crippen LogP contribution in [0.2, 0.25) is 23.2 Å². The van der Waals surface area contributed by atoms with Crippen molar-refractivity contribution in [1.82, 2.24) is 0 Å². The van der Waals surface area contributed by atoms with E-state index in [4.69, 9.17) is 32.5 Å². The average molecular weight is 693 g/mol. The maximum Gasteiger partial charge on any atom is 0.261 e. The van der Waals surface area contributed by atoms with Crippen LogP contribution in [-0.2, 0) is 34.4 Å². The highest BCUT2D eigenvalue weighted by molar-refractivity contribution is 6.99. The molecule has 262 valence electrons. The lowest BCUT2D eigenvalue weighted by atomic mass is 9.99. The van der Waals surface area contributed by atoms with E-state index in [2.05, 4.69) is 115 Å². The zero-order valence-electron chi connectivity index (χ0n) is 30.7. The molecule has 0 bridgehead atoms. The molecule has 2 aliphatic heterocycles. The van der Waals surface area contributed by atoms with Gasteiger partial charge in [-0.2, -0.15) is 0 Å². The van der Waals surface area contributed by atoms with E-state index in [1.54, 1.807) is 7.11 Å². The lowest BCUT2D eigenvalue weighted by Crippen LogP contribution is -2.68. The van der Waals surface area contributed by atoms with Gasteiger partial charge in [-0.15, -0.1) is 0 Å². The van der Waals surface area contributed by atoms with Gasteiger partial charge in [0.25, 0.3) is 8.32 Å². The predicted molar refractivity (Wildman–Crippen MR) is 196 cm³/mol. The van der Waals surface area contributed by atoms with Gasteiger partial charge in [0.1, 0.15) is 30.2 Å². The molecule has 0 spiro atoms. The SMILES string of the molecule is COc1ccc(CO[C@@H]2O[C@H](CO[Si](c3ccccc3)(c3ccccc3)C(C)(C)C)[C@@H]3OC(C)(C)O[C@@H]3[C@H]2O[Si](C)(C)C(C)(C)C)cc1.